The predicted octanol–water partition coefficient (Wildman–Crippen LogP) is 0.574. The number of rotatable bonds is 2. The highest BCUT2D eigenvalue weighted by Crippen LogP contribution is 2.34. The summed E-state index contributed by atoms with van der Waals surface area (Å²) in [4.78, 5) is 35.2. The fourth-order valence-electron chi connectivity index (χ4n) is 3.90. The van der Waals surface area contributed by atoms with Crippen molar-refractivity contribution >= 4 is 17.6 Å². The van der Waals surface area contributed by atoms with Gasteiger partial charge >= 0.3 is 0 Å². The number of hydrogen-bond donors (Lipinski definition) is 1. The van der Waals surface area contributed by atoms with E-state index in [0.29, 0.717) is 12.0 Å². The first-order valence-electron chi connectivity index (χ1n) is 8.84. The van der Waals surface area contributed by atoms with Gasteiger partial charge < -0.3 is 15.1 Å². The van der Waals surface area contributed by atoms with Crippen molar-refractivity contribution in [3.8, 4) is 0 Å². The molecule has 3 rings (SSSR count). The molecule has 1 aromatic heterocycles. The Labute approximate surface area is 149 Å². The van der Waals surface area contributed by atoms with Crippen LogP contribution in [0.4, 0.5) is 5.82 Å². The lowest BCUT2D eigenvalue weighted by molar-refractivity contribution is -0.129. The molecule has 136 valence electrons. The van der Waals surface area contributed by atoms with E-state index in [9.17, 15) is 9.59 Å². The van der Waals surface area contributed by atoms with Gasteiger partial charge in [-0.15, -0.1) is 0 Å². The summed E-state index contributed by atoms with van der Waals surface area (Å²) in [6.07, 6.45) is 4.08. The van der Waals surface area contributed by atoms with Gasteiger partial charge in [0.05, 0.1) is 5.56 Å². The van der Waals surface area contributed by atoms with Crippen LogP contribution in [-0.4, -0.2) is 79.5 Å². The maximum Gasteiger partial charge on any atom is 0.254 e. The molecule has 1 spiro atoms. The molecule has 3 heterocycles. The first-order chi connectivity index (χ1) is 12.0. The van der Waals surface area contributed by atoms with Crippen LogP contribution in [0.2, 0.25) is 0 Å². The van der Waals surface area contributed by atoms with Crippen LogP contribution >= 0.6 is 0 Å². The number of aromatic nitrogens is 1. The summed E-state index contributed by atoms with van der Waals surface area (Å²) < 4.78 is 0. The average molecular weight is 345 g/mol. The van der Waals surface area contributed by atoms with Crippen LogP contribution in [0.5, 0.6) is 0 Å². The molecule has 0 radical (unpaired) electrons. The number of carbonyl (C=O) groups excluding carboxylic acids is 2. The minimum Gasteiger partial charge on any atom is -0.355 e. The van der Waals surface area contributed by atoms with E-state index in [1.165, 1.54) is 0 Å². The number of nitrogens with zero attached hydrogens (tertiary/aromatic N) is 4. The second-order valence-electron chi connectivity index (χ2n) is 7.09. The third-order valence-corrected chi connectivity index (χ3v) is 5.70. The summed E-state index contributed by atoms with van der Waals surface area (Å²) in [5, 5.41) is 2.69. The first kappa shape index (κ1) is 17.7. The van der Waals surface area contributed by atoms with Gasteiger partial charge in [-0.1, -0.05) is 0 Å². The molecule has 2 amide bonds. The minimum atomic E-state index is -0.119. The maximum absolute atomic E-state index is 12.2. The lowest BCUT2D eigenvalue weighted by Crippen LogP contribution is -2.61. The SMILES string of the molecule is CNC(=O)c1cccnc1N1CCN(C)[C@]2(CCC(=O)N(C)CC2)C1. The van der Waals surface area contributed by atoms with Crippen molar-refractivity contribution in [3.05, 3.63) is 23.9 Å². The molecule has 1 atom stereocenters. The highest BCUT2D eigenvalue weighted by molar-refractivity contribution is 5.98. The number of hydrogen-bond acceptors (Lipinski definition) is 5. The van der Waals surface area contributed by atoms with Gasteiger partial charge in [0.2, 0.25) is 5.91 Å². The maximum atomic E-state index is 12.2. The summed E-state index contributed by atoms with van der Waals surface area (Å²) >= 11 is 0. The predicted molar refractivity (Wildman–Crippen MR) is 96.7 cm³/mol. The zero-order valence-electron chi connectivity index (χ0n) is 15.3. The summed E-state index contributed by atoms with van der Waals surface area (Å²) in [7, 11) is 5.66. The molecule has 2 fully saturated rings. The molecule has 2 saturated heterocycles. The zero-order chi connectivity index (χ0) is 18.0. The van der Waals surface area contributed by atoms with E-state index in [1.54, 1.807) is 19.3 Å². The Morgan fingerprint density at radius 1 is 1.24 bits per heavy atom. The van der Waals surface area contributed by atoms with Crippen LogP contribution in [0.15, 0.2) is 18.3 Å². The van der Waals surface area contributed by atoms with Gasteiger partial charge in [-0.2, -0.15) is 0 Å². The molecule has 7 heteroatoms. The molecule has 25 heavy (non-hydrogen) atoms. The van der Waals surface area contributed by atoms with Crippen LogP contribution in [0.25, 0.3) is 0 Å². The monoisotopic (exact) mass is 345 g/mol. The molecule has 1 N–H and O–H groups in total. The number of anilines is 1. The standard InChI is InChI=1S/C18H27N5O2/c1-19-17(25)14-5-4-9-20-16(14)23-12-11-22(3)18(13-23)7-6-15(24)21(2)10-8-18/h4-5,9H,6-8,10-13H2,1-3H3,(H,19,25)/t18-/m0/s1. The number of likely N-dealkylation sites (N-methyl/N-ethyl adjacent to an activating group) is 1. The smallest absolute Gasteiger partial charge is 0.254 e. The second-order valence-corrected chi connectivity index (χ2v) is 7.09. The van der Waals surface area contributed by atoms with E-state index in [0.717, 1.165) is 44.8 Å². The molecule has 2 aliphatic heterocycles. The lowest BCUT2D eigenvalue weighted by atomic mass is 9.86. The van der Waals surface area contributed by atoms with E-state index in [4.69, 9.17) is 0 Å². The molecule has 2 aliphatic rings. The quantitative estimate of drug-likeness (QED) is 0.849. The molecule has 0 saturated carbocycles. The molecular weight excluding hydrogens is 318 g/mol. The van der Waals surface area contributed by atoms with E-state index in [1.807, 2.05) is 18.0 Å². The number of amides is 2. The van der Waals surface area contributed by atoms with E-state index < -0.39 is 0 Å². The van der Waals surface area contributed by atoms with E-state index in [-0.39, 0.29) is 17.4 Å². The van der Waals surface area contributed by atoms with Gasteiger partial charge in [-0.25, -0.2) is 4.98 Å². The fourth-order valence-corrected chi connectivity index (χ4v) is 3.90. The highest BCUT2D eigenvalue weighted by Gasteiger charge is 2.42. The molecule has 0 aromatic carbocycles. The van der Waals surface area contributed by atoms with Crippen molar-refractivity contribution in [3.63, 3.8) is 0 Å². The molecule has 0 bridgehead atoms. The molecule has 0 unspecified atom stereocenters. The Morgan fingerprint density at radius 3 is 2.80 bits per heavy atom. The van der Waals surface area contributed by atoms with Crippen molar-refractivity contribution < 1.29 is 9.59 Å². The minimum absolute atomic E-state index is 0.0594. The topological polar surface area (TPSA) is 68.8 Å². The number of likely N-dealkylation sites (tertiary alicyclic amines) is 1. The lowest BCUT2D eigenvalue weighted by Gasteiger charge is -2.49. The third-order valence-electron chi connectivity index (χ3n) is 5.70. The van der Waals surface area contributed by atoms with Gasteiger partial charge in [-0.05, 0) is 32.0 Å². The van der Waals surface area contributed by atoms with Gasteiger partial charge in [-0.3, -0.25) is 14.5 Å². The normalized spacial score (nSPS) is 25.2. The Bertz CT molecular complexity index is 665. The van der Waals surface area contributed by atoms with Crippen molar-refractivity contribution in [2.24, 2.45) is 0 Å². The van der Waals surface area contributed by atoms with Crippen LogP contribution in [0.1, 0.15) is 29.6 Å². The highest BCUT2D eigenvalue weighted by atomic mass is 16.2. The Morgan fingerprint density at radius 2 is 2.04 bits per heavy atom. The third kappa shape index (κ3) is 3.33. The van der Waals surface area contributed by atoms with Gasteiger partial charge in [0.1, 0.15) is 5.82 Å². The Kier molecular flexibility index (Phi) is 4.94. The van der Waals surface area contributed by atoms with Crippen LogP contribution in [-0.2, 0) is 4.79 Å². The molecule has 7 nitrogen and oxygen atoms in total. The summed E-state index contributed by atoms with van der Waals surface area (Å²) in [6.45, 7) is 3.26. The number of carbonyl (C=O) groups is 2. The fraction of sp³-hybridized carbons (Fsp3) is 0.611. The zero-order valence-corrected chi connectivity index (χ0v) is 15.3. The summed E-state index contributed by atoms with van der Waals surface area (Å²) in [5.41, 5.74) is 0.544. The molecule has 0 aliphatic carbocycles. The van der Waals surface area contributed by atoms with Crippen LogP contribution in [0.3, 0.4) is 0 Å². The first-order valence-corrected chi connectivity index (χ1v) is 8.84. The summed E-state index contributed by atoms with van der Waals surface area (Å²) in [5.74, 6) is 0.830. The largest absolute Gasteiger partial charge is 0.355 e. The van der Waals surface area contributed by atoms with Crippen molar-refractivity contribution in [2.45, 2.75) is 24.8 Å². The van der Waals surface area contributed by atoms with Crippen LogP contribution < -0.4 is 10.2 Å². The molecule has 1 aromatic rings. The Hall–Kier alpha value is -2.15. The number of piperazine rings is 1. The second kappa shape index (κ2) is 7.00. The van der Waals surface area contributed by atoms with E-state index >= 15 is 0 Å². The van der Waals surface area contributed by atoms with Crippen molar-refractivity contribution in [2.75, 3.05) is 52.2 Å². The van der Waals surface area contributed by atoms with E-state index in [2.05, 4.69) is 27.1 Å². The summed E-state index contributed by atoms with van der Waals surface area (Å²) in [6, 6.07) is 3.61. The van der Waals surface area contributed by atoms with Gasteiger partial charge in [0.15, 0.2) is 0 Å². The molecular formula is C18H27N5O2. The van der Waals surface area contributed by atoms with Gasteiger partial charge in [0, 0.05) is 58.4 Å². The number of pyridine rings is 1. The van der Waals surface area contributed by atoms with Crippen molar-refractivity contribution in [1.82, 2.24) is 20.1 Å². The number of nitrogens with one attached hydrogen (secondary N) is 1. The van der Waals surface area contributed by atoms with Crippen molar-refractivity contribution in [1.29, 1.82) is 0 Å². The Balaban J connectivity index is 1.89. The van der Waals surface area contributed by atoms with Crippen LogP contribution in [0, 0.1) is 0 Å². The van der Waals surface area contributed by atoms with Gasteiger partial charge in [0.25, 0.3) is 5.91 Å². The average Bonchev–Trinajstić information content (AvgIpc) is 2.78.